The number of nitrogens with zero attached hydrogens (tertiary/aromatic N) is 2. The normalized spacial score (nSPS) is 10.3. The quantitative estimate of drug-likeness (QED) is 0.723. The van der Waals surface area contributed by atoms with Crippen LogP contribution in [0.3, 0.4) is 0 Å². The van der Waals surface area contributed by atoms with E-state index in [9.17, 15) is 4.79 Å². The molecule has 1 aromatic carbocycles. The van der Waals surface area contributed by atoms with Crippen molar-refractivity contribution in [2.24, 2.45) is 0 Å². The maximum absolute atomic E-state index is 10.8. The predicted molar refractivity (Wildman–Crippen MR) is 71.0 cm³/mol. The molecule has 1 aromatic heterocycles. The van der Waals surface area contributed by atoms with Crippen LogP contribution in [0.25, 0.3) is 0 Å². The topological polar surface area (TPSA) is 74.5 Å². The summed E-state index contributed by atoms with van der Waals surface area (Å²) in [5.74, 6) is 2.04. The first-order valence-corrected chi connectivity index (χ1v) is 6.42. The van der Waals surface area contributed by atoms with E-state index in [1.807, 2.05) is 13.8 Å². The summed E-state index contributed by atoms with van der Waals surface area (Å²) in [6, 6.07) is 4.99. The summed E-state index contributed by atoms with van der Waals surface area (Å²) in [5.41, 5.74) is 0.534. The van der Waals surface area contributed by atoms with Crippen molar-refractivity contribution in [1.82, 2.24) is 10.2 Å². The van der Waals surface area contributed by atoms with Gasteiger partial charge in [-0.25, -0.2) is 0 Å². The molecule has 0 radical (unpaired) electrons. The third kappa shape index (κ3) is 3.34. The van der Waals surface area contributed by atoms with E-state index in [1.165, 1.54) is 0 Å². The lowest BCUT2D eigenvalue weighted by Crippen LogP contribution is -2.00. The first-order valence-electron chi connectivity index (χ1n) is 6.42. The Kier molecular flexibility index (Phi) is 4.70. The second-order valence-electron chi connectivity index (χ2n) is 3.99. The van der Waals surface area contributed by atoms with Crippen LogP contribution in [0.2, 0.25) is 0 Å². The highest BCUT2D eigenvalue weighted by molar-refractivity contribution is 5.76. The molecule has 0 fully saturated rings. The third-order valence-corrected chi connectivity index (χ3v) is 2.57. The van der Waals surface area contributed by atoms with Gasteiger partial charge in [0.25, 0.3) is 5.89 Å². The van der Waals surface area contributed by atoms with Gasteiger partial charge < -0.3 is 13.9 Å². The Morgan fingerprint density at radius 1 is 1.15 bits per heavy atom. The summed E-state index contributed by atoms with van der Waals surface area (Å²) in [6.07, 6.45) is 1.45. The van der Waals surface area contributed by atoms with Gasteiger partial charge in [-0.2, -0.15) is 0 Å². The van der Waals surface area contributed by atoms with E-state index < -0.39 is 0 Å². The van der Waals surface area contributed by atoms with Gasteiger partial charge in [-0.3, -0.25) is 4.79 Å². The van der Waals surface area contributed by atoms with Crippen LogP contribution in [0.5, 0.6) is 11.5 Å². The van der Waals surface area contributed by atoms with Crippen molar-refractivity contribution in [2.45, 2.75) is 26.9 Å². The molecule has 106 valence electrons. The average molecular weight is 276 g/mol. The zero-order valence-electron chi connectivity index (χ0n) is 11.5. The predicted octanol–water partition coefficient (Wildman–Crippen LogP) is 2.42. The van der Waals surface area contributed by atoms with Crippen LogP contribution >= 0.6 is 0 Å². The number of carbonyl (C=O) groups excluding carboxylic acids is 1. The zero-order chi connectivity index (χ0) is 14.4. The molecule has 0 saturated heterocycles. The first kappa shape index (κ1) is 14.0. The Balaban J connectivity index is 2.09. The molecule has 0 N–H and O–H groups in total. The molecule has 0 aliphatic rings. The Hall–Kier alpha value is -2.37. The molecular weight excluding hydrogens is 260 g/mol. The number of carbonyl (C=O) groups is 1. The minimum Gasteiger partial charge on any atom is -0.490 e. The Labute approximate surface area is 116 Å². The second-order valence-corrected chi connectivity index (χ2v) is 3.99. The van der Waals surface area contributed by atoms with Crippen molar-refractivity contribution >= 4 is 6.29 Å². The number of hydrogen-bond acceptors (Lipinski definition) is 6. The molecule has 0 amide bonds. The van der Waals surface area contributed by atoms with Gasteiger partial charge in [0.2, 0.25) is 5.89 Å². The largest absolute Gasteiger partial charge is 0.490 e. The zero-order valence-corrected chi connectivity index (χ0v) is 11.5. The number of benzene rings is 1. The summed E-state index contributed by atoms with van der Waals surface area (Å²) >= 11 is 0. The van der Waals surface area contributed by atoms with Gasteiger partial charge in [-0.05, 0) is 25.1 Å². The Morgan fingerprint density at radius 2 is 1.95 bits per heavy atom. The van der Waals surface area contributed by atoms with Gasteiger partial charge >= 0.3 is 0 Å². The van der Waals surface area contributed by atoms with Crippen LogP contribution in [0, 0.1) is 0 Å². The lowest BCUT2D eigenvalue weighted by Gasteiger charge is -2.10. The number of hydrogen-bond donors (Lipinski definition) is 0. The van der Waals surface area contributed by atoms with Crippen molar-refractivity contribution in [3.63, 3.8) is 0 Å². The van der Waals surface area contributed by atoms with Gasteiger partial charge in [-0.1, -0.05) is 6.92 Å². The molecule has 0 unspecified atom stereocenters. The second kappa shape index (κ2) is 6.70. The molecule has 6 heteroatoms. The van der Waals surface area contributed by atoms with Crippen molar-refractivity contribution < 1.29 is 18.7 Å². The van der Waals surface area contributed by atoms with Crippen molar-refractivity contribution in [3.8, 4) is 11.5 Å². The molecule has 0 spiro atoms. The summed E-state index contributed by atoms with van der Waals surface area (Å²) in [6.45, 7) is 4.44. The monoisotopic (exact) mass is 276 g/mol. The van der Waals surface area contributed by atoms with Crippen LogP contribution < -0.4 is 9.47 Å². The van der Waals surface area contributed by atoms with E-state index in [2.05, 4.69) is 10.2 Å². The van der Waals surface area contributed by atoms with E-state index in [4.69, 9.17) is 13.9 Å². The molecule has 1 heterocycles. The van der Waals surface area contributed by atoms with Gasteiger partial charge in [0.1, 0.15) is 6.29 Å². The van der Waals surface area contributed by atoms with E-state index in [0.717, 1.165) is 6.29 Å². The molecule has 20 heavy (non-hydrogen) atoms. The molecule has 0 bridgehead atoms. The first-order chi connectivity index (χ1) is 9.76. The molecule has 0 atom stereocenters. The van der Waals surface area contributed by atoms with E-state index in [1.54, 1.807) is 18.2 Å². The summed E-state index contributed by atoms with van der Waals surface area (Å²) in [7, 11) is 0. The molecular formula is C14H16N2O4. The van der Waals surface area contributed by atoms with Crippen LogP contribution in [-0.4, -0.2) is 23.1 Å². The van der Waals surface area contributed by atoms with Crippen LogP contribution in [-0.2, 0) is 13.0 Å². The highest BCUT2D eigenvalue weighted by Crippen LogP contribution is 2.28. The highest BCUT2D eigenvalue weighted by atomic mass is 16.5. The smallest absolute Gasteiger partial charge is 0.253 e. The van der Waals surface area contributed by atoms with Gasteiger partial charge in [0, 0.05) is 12.0 Å². The van der Waals surface area contributed by atoms with E-state index >= 15 is 0 Å². The summed E-state index contributed by atoms with van der Waals surface area (Å²) < 4.78 is 16.4. The minimum atomic E-state index is 0.160. The lowest BCUT2D eigenvalue weighted by molar-refractivity contribution is 0.112. The summed E-state index contributed by atoms with van der Waals surface area (Å²) in [4.78, 5) is 10.8. The summed E-state index contributed by atoms with van der Waals surface area (Å²) in [5, 5.41) is 7.73. The molecule has 0 aliphatic heterocycles. The van der Waals surface area contributed by atoms with Crippen molar-refractivity contribution in [2.75, 3.05) is 6.61 Å². The number of ether oxygens (including phenoxy) is 2. The molecule has 0 saturated carbocycles. The fourth-order valence-electron chi connectivity index (χ4n) is 1.61. The molecule has 6 nitrogen and oxygen atoms in total. The lowest BCUT2D eigenvalue weighted by atomic mass is 10.2. The number of aldehydes is 1. The number of aryl methyl sites for hydroxylation is 1. The maximum Gasteiger partial charge on any atom is 0.253 e. The van der Waals surface area contributed by atoms with E-state index in [0.29, 0.717) is 41.9 Å². The standard InChI is InChI=1S/C14H16N2O4/c1-3-13-15-16-14(20-13)9-19-11-6-5-10(8-17)7-12(11)18-4-2/h5-8H,3-4,9H2,1-2H3. The average Bonchev–Trinajstić information content (AvgIpc) is 2.94. The minimum absolute atomic E-state index is 0.160. The number of rotatable bonds is 7. The Bertz CT molecular complexity index is 580. The van der Waals surface area contributed by atoms with Gasteiger partial charge in [-0.15, -0.1) is 10.2 Å². The van der Waals surface area contributed by atoms with Crippen molar-refractivity contribution in [3.05, 3.63) is 35.5 Å². The fraction of sp³-hybridized carbons (Fsp3) is 0.357. The number of aromatic nitrogens is 2. The highest BCUT2D eigenvalue weighted by Gasteiger charge is 2.09. The van der Waals surface area contributed by atoms with Crippen LogP contribution in [0.15, 0.2) is 22.6 Å². The van der Waals surface area contributed by atoms with Gasteiger partial charge in [0.05, 0.1) is 6.61 Å². The van der Waals surface area contributed by atoms with Gasteiger partial charge in [0.15, 0.2) is 18.1 Å². The molecule has 2 aromatic rings. The third-order valence-electron chi connectivity index (χ3n) is 2.57. The molecule has 0 aliphatic carbocycles. The van der Waals surface area contributed by atoms with Crippen LogP contribution in [0.4, 0.5) is 0 Å². The fourth-order valence-corrected chi connectivity index (χ4v) is 1.61. The van der Waals surface area contributed by atoms with E-state index in [-0.39, 0.29) is 6.61 Å². The Morgan fingerprint density at radius 3 is 2.60 bits per heavy atom. The SMILES string of the molecule is CCOc1cc(C=O)ccc1OCc1nnc(CC)o1. The molecule has 2 rings (SSSR count). The van der Waals surface area contributed by atoms with Crippen molar-refractivity contribution in [1.29, 1.82) is 0 Å². The van der Waals surface area contributed by atoms with Crippen LogP contribution in [0.1, 0.15) is 36.0 Å². The maximum atomic E-state index is 10.8.